The summed E-state index contributed by atoms with van der Waals surface area (Å²) in [5, 5.41) is 29.8. The largest absolute Gasteiger partial charge is 0.396 e. The van der Waals surface area contributed by atoms with E-state index >= 15 is 0 Å². The first kappa shape index (κ1) is 18.1. The van der Waals surface area contributed by atoms with E-state index in [0.717, 1.165) is 5.69 Å². The van der Waals surface area contributed by atoms with Crippen molar-refractivity contribution in [1.82, 2.24) is 0 Å². The molecule has 0 aliphatic carbocycles. The molecule has 4 N–H and O–H groups in total. The van der Waals surface area contributed by atoms with Crippen molar-refractivity contribution in [3.63, 3.8) is 0 Å². The smallest absolute Gasteiger partial charge is 0.250 e. The molecule has 2 aromatic rings. The van der Waals surface area contributed by atoms with E-state index in [1.165, 1.54) is 0 Å². The van der Waals surface area contributed by atoms with E-state index in [1.54, 1.807) is 24.3 Å². The van der Waals surface area contributed by atoms with Gasteiger partial charge in [0.15, 0.2) is 0 Å². The molecule has 7 heteroatoms. The van der Waals surface area contributed by atoms with Crippen LogP contribution in [0, 0.1) is 0 Å². The molecule has 130 valence electrons. The van der Waals surface area contributed by atoms with Crippen molar-refractivity contribution >= 4 is 11.4 Å². The Labute approximate surface area is 139 Å². The zero-order valence-electron chi connectivity index (χ0n) is 13.4. The number of aliphatic hydroxyl groups excluding tert-OH is 3. The summed E-state index contributed by atoms with van der Waals surface area (Å²) >= 11 is 0. The number of benzene rings is 1. The van der Waals surface area contributed by atoms with Gasteiger partial charge in [-0.25, -0.2) is 0 Å². The molecule has 7 nitrogen and oxygen atoms in total. The zero-order chi connectivity index (χ0) is 17.5. The highest BCUT2D eigenvalue weighted by Gasteiger charge is 2.21. The minimum Gasteiger partial charge on any atom is -0.396 e. The van der Waals surface area contributed by atoms with Crippen LogP contribution in [-0.2, 0) is 0 Å². The van der Waals surface area contributed by atoms with Crippen LogP contribution in [0.15, 0.2) is 33.9 Å². The molecule has 0 saturated carbocycles. The lowest BCUT2D eigenvalue weighted by atomic mass is 9.98. The number of hydrogen-bond donors (Lipinski definition) is 4. The fraction of sp³-hybridized carbons (Fsp3) is 0.412. The van der Waals surface area contributed by atoms with Crippen molar-refractivity contribution in [1.29, 1.82) is 0 Å². The lowest BCUT2D eigenvalue weighted by molar-refractivity contribution is 0.281. The van der Waals surface area contributed by atoms with E-state index in [9.17, 15) is 9.59 Å². The standard InChI is InChI=1S/C17H22N2O5/c20-9-1-6-18-15-14(16(23)17(15)24)12-2-4-13(5-3-12)19(7-10-21)8-11-22/h2-5,18,20-22H,1,6-11H2. The Morgan fingerprint density at radius 3 is 2.04 bits per heavy atom. The Hall–Kier alpha value is -2.22. The first-order valence-corrected chi connectivity index (χ1v) is 7.89. The molecule has 0 aliphatic heterocycles. The molecule has 0 amide bonds. The molecular weight excluding hydrogens is 312 g/mol. The van der Waals surface area contributed by atoms with Crippen LogP contribution < -0.4 is 21.1 Å². The zero-order valence-corrected chi connectivity index (χ0v) is 13.4. The van der Waals surface area contributed by atoms with Crippen LogP contribution in [0.5, 0.6) is 0 Å². The van der Waals surface area contributed by atoms with Crippen LogP contribution in [0.3, 0.4) is 0 Å². The number of aliphatic hydroxyl groups is 3. The molecular formula is C17H22N2O5. The van der Waals surface area contributed by atoms with Gasteiger partial charge in [-0.1, -0.05) is 12.1 Å². The molecule has 0 spiro atoms. The van der Waals surface area contributed by atoms with Crippen LogP contribution in [0.1, 0.15) is 6.42 Å². The van der Waals surface area contributed by atoms with Crippen LogP contribution in [0.25, 0.3) is 11.1 Å². The lowest BCUT2D eigenvalue weighted by Gasteiger charge is -2.23. The highest BCUT2D eigenvalue weighted by molar-refractivity contribution is 5.82. The van der Waals surface area contributed by atoms with Gasteiger partial charge >= 0.3 is 0 Å². The van der Waals surface area contributed by atoms with Gasteiger partial charge in [0.2, 0.25) is 10.9 Å². The SMILES string of the molecule is O=c1c(NCCCO)c(-c2ccc(N(CCO)CCO)cc2)c1=O. The molecule has 0 heterocycles. The second-order valence-electron chi connectivity index (χ2n) is 5.39. The van der Waals surface area contributed by atoms with Crippen LogP contribution >= 0.6 is 0 Å². The van der Waals surface area contributed by atoms with Crippen molar-refractivity contribution in [2.24, 2.45) is 0 Å². The maximum absolute atomic E-state index is 11.9. The number of nitrogens with zero attached hydrogens (tertiary/aromatic N) is 1. The Morgan fingerprint density at radius 2 is 1.50 bits per heavy atom. The lowest BCUT2D eigenvalue weighted by Crippen LogP contribution is -2.36. The highest BCUT2D eigenvalue weighted by atomic mass is 16.3. The van der Waals surface area contributed by atoms with Gasteiger partial charge in [-0.05, 0) is 24.1 Å². The third-order valence-electron chi connectivity index (χ3n) is 3.81. The van der Waals surface area contributed by atoms with Gasteiger partial charge in [0.1, 0.15) is 0 Å². The van der Waals surface area contributed by atoms with E-state index in [2.05, 4.69) is 5.32 Å². The summed E-state index contributed by atoms with van der Waals surface area (Å²) in [6.07, 6.45) is 0.495. The maximum atomic E-state index is 11.9. The van der Waals surface area contributed by atoms with Crippen molar-refractivity contribution < 1.29 is 15.3 Å². The van der Waals surface area contributed by atoms with Crippen molar-refractivity contribution in [3.05, 3.63) is 44.7 Å². The van der Waals surface area contributed by atoms with Gasteiger partial charge in [-0.3, -0.25) is 9.59 Å². The van der Waals surface area contributed by atoms with Crippen molar-refractivity contribution in [2.45, 2.75) is 6.42 Å². The normalized spacial score (nSPS) is 11.0. The molecule has 0 atom stereocenters. The summed E-state index contributed by atoms with van der Waals surface area (Å²) in [6, 6.07) is 7.05. The molecule has 2 aromatic carbocycles. The average Bonchev–Trinajstić information content (AvgIpc) is 2.61. The first-order chi connectivity index (χ1) is 11.6. The van der Waals surface area contributed by atoms with E-state index in [0.29, 0.717) is 42.9 Å². The van der Waals surface area contributed by atoms with Gasteiger partial charge in [-0.2, -0.15) is 0 Å². The predicted octanol–water partition coefficient (Wildman–Crippen LogP) is -0.465. The number of rotatable bonds is 10. The summed E-state index contributed by atoms with van der Waals surface area (Å²) in [7, 11) is 0. The molecule has 24 heavy (non-hydrogen) atoms. The molecule has 0 saturated heterocycles. The Bertz CT molecular complexity index is 713. The Balaban J connectivity index is 2.20. The molecule has 0 fully saturated rings. The first-order valence-electron chi connectivity index (χ1n) is 7.89. The van der Waals surface area contributed by atoms with E-state index in [4.69, 9.17) is 15.3 Å². The summed E-state index contributed by atoms with van der Waals surface area (Å²) in [4.78, 5) is 25.4. The van der Waals surface area contributed by atoms with Crippen molar-refractivity contribution in [3.8, 4) is 11.1 Å². The van der Waals surface area contributed by atoms with Gasteiger partial charge in [0.25, 0.3) is 0 Å². The number of anilines is 2. The Kier molecular flexibility index (Phi) is 6.48. The van der Waals surface area contributed by atoms with Crippen molar-refractivity contribution in [2.75, 3.05) is 49.7 Å². The summed E-state index contributed by atoms with van der Waals surface area (Å²) < 4.78 is 0. The topological polar surface area (TPSA) is 110 Å². The molecule has 0 radical (unpaired) electrons. The predicted molar refractivity (Wildman–Crippen MR) is 93.4 cm³/mol. The fourth-order valence-corrected chi connectivity index (χ4v) is 2.58. The molecule has 0 bridgehead atoms. The molecule has 0 aromatic heterocycles. The number of nitrogens with one attached hydrogen (secondary N) is 1. The minimum atomic E-state index is -0.533. The second-order valence-corrected chi connectivity index (χ2v) is 5.39. The summed E-state index contributed by atoms with van der Waals surface area (Å²) in [6.45, 7) is 1.17. The van der Waals surface area contributed by atoms with E-state index in [-0.39, 0.29) is 19.8 Å². The highest BCUT2D eigenvalue weighted by Crippen LogP contribution is 2.26. The van der Waals surface area contributed by atoms with E-state index < -0.39 is 10.9 Å². The second kappa shape index (κ2) is 8.58. The monoisotopic (exact) mass is 334 g/mol. The van der Waals surface area contributed by atoms with Crippen LogP contribution in [0.2, 0.25) is 0 Å². The summed E-state index contributed by atoms with van der Waals surface area (Å²) in [5.41, 5.74) is 1.06. The molecule has 2 rings (SSSR count). The quantitative estimate of drug-likeness (QED) is 0.344. The summed E-state index contributed by atoms with van der Waals surface area (Å²) in [5.74, 6) is 0. The van der Waals surface area contributed by atoms with Gasteiger partial charge in [-0.15, -0.1) is 0 Å². The fourth-order valence-electron chi connectivity index (χ4n) is 2.58. The average molecular weight is 334 g/mol. The maximum Gasteiger partial charge on any atom is 0.250 e. The van der Waals surface area contributed by atoms with Gasteiger partial charge < -0.3 is 25.5 Å². The van der Waals surface area contributed by atoms with Crippen LogP contribution in [0.4, 0.5) is 11.4 Å². The van der Waals surface area contributed by atoms with Gasteiger partial charge in [0.05, 0.1) is 24.5 Å². The van der Waals surface area contributed by atoms with Crippen LogP contribution in [-0.4, -0.2) is 54.8 Å². The van der Waals surface area contributed by atoms with E-state index in [1.807, 2.05) is 4.90 Å². The molecule has 0 unspecified atom stereocenters. The molecule has 0 aliphatic rings. The third kappa shape index (κ3) is 3.81. The number of hydrogen-bond acceptors (Lipinski definition) is 7. The minimum absolute atomic E-state index is 0.0119. The Morgan fingerprint density at radius 1 is 0.875 bits per heavy atom. The van der Waals surface area contributed by atoms with Gasteiger partial charge in [0, 0.05) is 31.9 Å². The third-order valence-corrected chi connectivity index (χ3v) is 3.81.